The van der Waals surface area contributed by atoms with E-state index in [1.54, 1.807) is 0 Å². The fraction of sp³-hybridized carbons (Fsp3) is 0.917. The first-order chi connectivity index (χ1) is 20.4. The van der Waals surface area contributed by atoms with E-state index in [-0.39, 0.29) is 37.0 Å². The molecule has 0 saturated carbocycles. The number of unbranched alkanes of at least 4 members (excludes halogenated alkanes) is 20. The number of ether oxygens (including phenoxy) is 3. The SMILES string of the molecule is CCCCCCCCCCCCCC(=O)OC[C@H](COC(=O)CC(C)C)OC(=O)CCCCCCCCCCCCC. The topological polar surface area (TPSA) is 78.9 Å². The van der Waals surface area contributed by atoms with E-state index in [0.29, 0.717) is 19.3 Å². The zero-order chi connectivity index (χ0) is 31.1. The highest BCUT2D eigenvalue weighted by Crippen LogP contribution is 2.14. The van der Waals surface area contributed by atoms with Crippen molar-refractivity contribution in [2.45, 2.75) is 194 Å². The van der Waals surface area contributed by atoms with E-state index < -0.39 is 6.10 Å². The van der Waals surface area contributed by atoms with Crippen molar-refractivity contribution >= 4 is 17.9 Å². The summed E-state index contributed by atoms with van der Waals surface area (Å²) >= 11 is 0. The summed E-state index contributed by atoms with van der Waals surface area (Å²) in [5.74, 6) is -0.755. The first-order valence-electron chi connectivity index (χ1n) is 17.9. The van der Waals surface area contributed by atoms with Crippen LogP contribution in [0.1, 0.15) is 188 Å². The lowest BCUT2D eigenvalue weighted by atomic mass is 10.1. The van der Waals surface area contributed by atoms with Gasteiger partial charge in [-0.2, -0.15) is 0 Å². The zero-order valence-corrected chi connectivity index (χ0v) is 28.2. The Morgan fingerprint density at radius 2 is 0.786 bits per heavy atom. The van der Waals surface area contributed by atoms with E-state index in [9.17, 15) is 14.4 Å². The Labute approximate surface area is 259 Å². The Bertz CT molecular complexity index is 632. The molecule has 6 nitrogen and oxygen atoms in total. The Kier molecular flexibility index (Phi) is 29.7. The van der Waals surface area contributed by atoms with Crippen molar-refractivity contribution < 1.29 is 28.6 Å². The summed E-state index contributed by atoms with van der Waals surface area (Å²) in [6.07, 6.45) is 27.1. The number of hydrogen-bond donors (Lipinski definition) is 0. The first kappa shape index (κ1) is 40.4. The quantitative estimate of drug-likeness (QED) is 0.0450. The molecule has 0 aromatic heterocycles. The molecule has 0 aromatic rings. The Hall–Kier alpha value is -1.59. The van der Waals surface area contributed by atoms with Crippen molar-refractivity contribution in [1.29, 1.82) is 0 Å². The molecular weight excluding hydrogens is 528 g/mol. The molecule has 0 aliphatic heterocycles. The number of carbonyl (C=O) groups is 3. The highest BCUT2D eigenvalue weighted by Gasteiger charge is 2.19. The summed E-state index contributed by atoms with van der Waals surface area (Å²) in [7, 11) is 0. The minimum absolute atomic E-state index is 0.0736. The van der Waals surface area contributed by atoms with Crippen LogP contribution in [0.3, 0.4) is 0 Å². The number of carbonyl (C=O) groups excluding carboxylic acids is 3. The van der Waals surface area contributed by atoms with Crippen LogP contribution < -0.4 is 0 Å². The third kappa shape index (κ3) is 29.9. The van der Waals surface area contributed by atoms with Crippen LogP contribution in [0.5, 0.6) is 0 Å². The van der Waals surface area contributed by atoms with Crippen molar-refractivity contribution in [3.8, 4) is 0 Å². The van der Waals surface area contributed by atoms with Gasteiger partial charge in [-0.05, 0) is 18.8 Å². The van der Waals surface area contributed by atoms with Gasteiger partial charge in [-0.25, -0.2) is 0 Å². The van der Waals surface area contributed by atoms with Gasteiger partial charge in [-0.1, -0.05) is 156 Å². The van der Waals surface area contributed by atoms with Gasteiger partial charge in [-0.3, -0.25) is 14.4 Å². The minimum atomic E-state index is -0.761. The lowest BCUT2D eigenvalue weighted by Gasteiger charge is -2.18. The molecule has 0 unspecified atom stereocenters. The van der Waals surface area contributed by atoms with Gasteiger partial charge in [0, 0.05) is 19.3 Å². The number of rotatable bonds is 31. The first-order valence-corrected chi connectivity index (χ1v) is 17.9. The molecular formula is C36H68O6. The molecule has 1 atom stereocenters. The van der Waals surface area contributed by atoms with Gasteiger partial charge in [0.25, 0.3) is 0 Å². The average molecular weight is 597 g/mol. The van der Waals surface area contributed by atoms with Crippen molar-refractivity contribution in [2.24, 2.45) is 5.92 Å². The fourth-order valence-electron chi connectivity index (χ4n) is 5.06. The smallest absolute Gasteiger partial charge is 0.306 e. The van der Waals surface area contributed by atoms with Crippen LogP contribution in [0, 0.1) is 5.92 Å². The molecule has 0 aliphatic carbocycles. The van der Waals surface area contributed by atoms with Crippen LogP contribution in [0.2, 0.25) is 0 Å². The molecule has 0 aliphatic rings. The third-order valence-corrected chi connectivity index (χ3v) is 7.70. The summed E-state index contributed by atoms with van der Waals surface area (Å²) < 4.78 is 16.3. The molecule has 248 valence electrons. The van der Waals surface area contributed by atoms with Crippen LogP contribution >= 0.6 is 0 Å². The lowest BCUT2D eigenvalue weighted by molar-refractivity contribution is -0.167. The van der Waals surface area contributed by atoms with Crippen LogP contribution in [-0.2, 0) is 28.6 Å². The second-order valence-electron chi connectivity index (χ2n) is 12.6. The molecule has 42 heavy (non-hydrogen) atoms. The predicted molar refractivity (Wildman–Crippen MR) is 173 cm³/mol. The Morgan fingerprint density at radius 1 is 0.452 bits per heavy atom. The monoisotopic (exact) mass is 597 g/mol. The normalized spacial score (nSPS) is 11.9. The van der Waals surface area contributed by atoms with E-state index in [4.69, 9.17) is 14.2 Å². The van der Waals surface area contributed by atoms with Gasteiger partial charge in [0.05, 0.1) is 0 Å². The van der Waals surface area contributed by atoms with Gasteiger partial charge in [-0.15, -0.1) is 0 Å². The molecule has 0 bridgehead atoms. The van der Waals surface area contributed by atoms with Gasteiger partial charge < -0.3 is 14.2 Å². The second-order valence-corrected chi connectivity index (χ2v) is 12.6. The number of hydrogen-bond acceptors (Lipinski definition) is 6. The summed E-state index contributed by atoms with van der Waals surface area (Å²) in [5.41, 5.74) is 0. The number of esters is 3. The van der Waals surface area contributed by atoms with Crippen molar-refractivity contribution in [1.82, 2.24) is 0 Å². The third-order valence-electron chi connectivity index (χ3n) is 7.70. The zero-order valence-electron chi connectivity index (χ0n) is 28.2. The molecule has 0 amide bonds. The Morgan fingerprint density at radius 3 is 1.17 bits per heavy atom. The minimum Gasteiger partial charge on any atom is -0.462 e. The molecule has 0 rings (SSSR count). The van der Waals surface area contributed by atoms with E-state index in [0.717, 1.165) is 38.5 Å². The maximum absolute atomic E-state index is 12.5. The van der Waals surface area contributed by atoms with Crippen LogP contribution in [0.15, 0.2) is 0 Å². The molecule has 0 aromatic carbocycles. The summed E-state index contributed by atoms with van der Waals surface area (Å²) in [6.45, 7) is 8.23. The standard InChI is InChI=1S/C36H68O6/c1-5-7-9-11-13-15-17-19-21-23-25-27-34(37)40-30-33(31-41-36(39)29-32(3)4)42-35(38)28-26-24-22-20-18-16-14-12-10-8-6-2/h32-33H,5-31H2,1-4H3/t33-/m1/s1. The van der Waals surface area contributed by atoms with Gasteiger partial charge in [0.15, 0.2) is 6.10 Å². The largest absolute Gasteiger partial charge is 0.462 e. The molecule has 0 spiro atoms. The van der Waals surface area contributed by atoms with Crippen LogP contribution in [-0.4, -0.2) is 37.2 Å². The summed E-state index contributed by atoms with van der Waals surface area (Å²) in [5, 5.41) is 0. The van der Waals surface area contributed by atoms with Crippen molar-refractivity contribution in [3.05, 3.63) is 0 Å². The van der Waals surface area contributed by atoms with Crippen molar-refractivity contribution in [3.63, 3.8) is 0 Å². The molecule has 0 saturated heterocycles. The Balaban J connectivity index is 4.15. The van der Waals surface area contributed by atoms with Crippen LogP contribution in [0.4, 0.5) is 0 Å². The van der Waals surface area contributed by atoms with Gasteiger partial charge in [0.1, 0.15) is 13.2 Å². The second kappa shape index (κ2) is 30.9. The average Bonchev–Trinajstić information content (AvgIpc) is 2.95. The van der Waals surface area contributed by atoms with Crippen molar-refractivity contribution in [2.75, 3.05) is 13.2 Å². The predicted octanol–water partition coefficient (Wildman–Crippen LogP) is 10.4. The van der Waals surface area contributed by atoms with E-state index in [1.807, 2.05) is 13.8 Å². The highest BCUT2D eigenvalue weighted by atomic mass is 16.6. The molecule has 0 heterocycles. The lowest BCUT2D eigenvalue weighted by Crippen LogP contribution is -2.31. The van der Waals surface area contributed by atoms with E-state index >= 15 is 0 Å². The molecule has 0 N–H and O–H groups in total. The highest BCUT2D eigenvalue weighted by molar-refractivity contribution is 5.71. The van der Waals surface area contributed by atoms with E-state index in [2.05, 4.69) is 13.8 Å². The summed E-state index contributed by atoms with van der Waals surface area (Å²) in [4.78, 5) is 36.8. The maximum atomic E-state index is 12.5. The van der Waals surface area contributed by atoms with Crippen LogP contribution in [0.25, 0.3) is 0 Å². The molecule has 6 heteroatoms. The van der Waals surface area contributed by atoms with Gasteiger partial charge >= 0.3 is 17.9 Å². The molecule has 0 radical (unpaired) electrons. The maximum Gasteiger partial charge on any atom is 0.306 e. The van der Waals surface area contributed by atoms with E-state index in [1.165, 1.54) is 103 Å². The fourth-order valence-corrected chi connectivity index (χ4v) is 5.06. The van der Waals surface area contributed by atoms with Gasteiger partial charge in [0.2, 0.25) is 0 Å². The summed E-state index contributed by atoms with van der Waals surface area (Å²) in [6, 6.07) is 0. The molecule has 0 fully saturated rings.